The molecule has 0 N–H and O–H groups in total. The lowest BCUT2D eigenvalue weighted by atomic mass is 10.1. The van der Waals surface area contributed by atoms with Gasteiger partial charge >= 0.3 is 0 Å². The summed E-state index contributed by atoms with van der Waals surface area (Å²) in [5.41, 5.74) is 4.18. The van der Waals surface area contributed by atoms with Crippen LogP contribution in [0.25, 0.3) is 22.0 Å². The highest BCUT2D eigenvalue weighted by Crippen LogP contribution is 2.28. The molecule has 144 valence electrons. The molecule has 1 aliphatic rings. The Morgan fingerprint density at radius 3 is 2.72 bits per heavy atom. The molecule has 0 saturated heterocycles. The van der Waals surface area contributed by atoms with Gasteiger partial charge in [0.1, 0.15) is 10.8 Å². The highest BCUT2D eigenvalue weighted by atomic mass is 32.1. The van der Waals surface area contributed by atoms with E-state index in [0.717, 1.165) is 53.7 Å². The van der Waals surface area contributed by atoms with Gasteiger partial charge in [0, 0.05) is 72.4 Å². The van der Waals surface area contributed by atoms with Crippen molar-refractivity contribution >= 4 is 11.3 Å². The van der Waals surface area contributed by atoms with Gasteiger partial charge in [0.2, 0.25) is 0 Å². The second-order valence-corrected chi connectivity index (χ2v) is 8.12. The van der Waals surface area contributed by atoms with Crippen LogP contribution in [0.2, 0.25) is 0 Å². The van der Waals surface area contributed by atoms with Gasteiger partial charge in [-0.2, -0.15) is 0 Å². The standard InChI is InChI=1S/C22H18FN5S/c23-18-5-3-15(4-6-18)22-26-12-19(29-22)14-28-9-7-20-17(13-28)11-25-21(27-20)16-2-1-8-24-10-16/h1-6,8,10-12H,7,9,13-14H2. The second-order valence-electron chi connectivity index (χ2n) is 7.01. The van der Waals surface area contributed by atoms with E-state index in [1.807, 2.05) is 24.5 Å². The maximum atomic E-state index is 13.1. The molecule has 0 radical (unpaired) electrons. The summed E-state index contributed by atoms with van der Waals surface area (Å²) in [5.74, 6) is 0.503. The zero-order valence-corrected chi connectivity index (χ0v) is 16.4. The van der Waals surface area contributed by atoms with E-state index in [4.69, 9.17) is 4.98 Å². The highest BCUT2D eigenvalue weighted by molar-refractivity contribution is 7.15. The summed E-state index contributed by atoms with van der Waals surface area (Å²) in [7, 11) is 0. The summed E-state index contributed by atoms with van der Waals surface area (Å²) < 4.78 is 13.1. The van der Waals surface area contributed by atoms with E-state index in [2.05, 4.69) is 19.9 Å². The number of nitrogens with zero attached hydrogens (tertiary/aromatic N) is 5. The monoisotopic (exact) mass is 403 g/mol. The molecule has 3 aromatic heterocycles. The molecule has 1 aliphatic heterocycles. The first-order chi connectivity index (χ1) is 14.2. The van der Waals surface area contributed by atoms with Crippen LogP contribution in [0.5, 0.6) is 0 Å². The smallest absolute Gasteiger partial charge is 0.160 e. The zero-order chi connectivity index (χ0) is 19.6. The molecule has 29 heavy (non-hydrogen) atoms. The molecular weight excluding hydrogens is 385 g/mol. The second kappa shape index (κ2) is 7.77. The van der Waals surface area contributed by atoms with Crippen LogP contribution in [-0.2, 0) is 19.5 Å². The molecule has 0 unspecified atom stereocenters. The molecule has 7 heteroatoms. The van der Waals surface area contributed by atoms with Crippen molar-refractivity contribution in [3.63, 3.8) is 0 Å². The lowest BCUT2D eigenvalue weighted by Gasteiger charge is -2.27. The number of aromatic nitrogens is 4. The van der Waals surface area contributed by atoms with Gasteiger partial charge < -0.3 is 0 Å². The molecule has 0 fully saturated rings. The van der Waals surface area contributed by atoms with Gasteiger partial charge in [0.15, 0.2) is 5.82 Å². The van der Waals surface area contributed by atoms with Crippen LogP contribution in [0.1, 0.15) is 16.1 Å². The Balaban J connectivity index is 1.29. The third-order valence-electron chi connectivity index (χ3n) is 4.96. The fraction of sp³-hybridized carbons (Fsp3) is 0.182. The molecular formula is C22H18FN5S. The zero-order valence-electron chi connectivity index (χ0n) is 15.6. The van der Waals surface area contributed by atoms with Gasteiger partial charge in [0.25, 0.3) is 0 Å². The van der Waals surface area contributed by atoms with Crippen LogP contribution in [0.3, 0.4) is 0 Å². The first kappa shape index (κ1) is 18.0. The van der Waals surface area contributed by atoms with Crippen molar-refractivity contribution in [1.82, 2.24) is 24.8 Å². The SMILES string of the molecule is Fc1ccc(-c2ncc(CN3CCc4nc(-c5cccnc5)ncc4C3)s2)cc1. The molecule has 0 aliphatic carbocycles. The number of rotatable bonds is 4. The van der Waals surface area contributed by atoms with Crippen LogP contribution in [0, 0.1) is 5.82 Å². The number of pyridine rings is 1. The number of hydrogen-bond acceptors (Lipinski definition) is 6. The highest BCUT2D eigenvalue weighted by Gasteiger charge is 2.20. The summed E-state index contributed by atoms with van der Waals surface area (Å²) in [5, 5.41) is 0.918. The van der Waals surface area contributed by atoms with E-state index in [1.165, 1.54) is 22.6 Å². The largest absolute Gasteiger partial charge is 0.293 e. The Bertz CT molecular complexity index is 1130. The molecule has 1 aromatic carbocycles. The molecule has 5 nitrogen and oxygen atoms in total. The van der Waals surface area contributed by atoms with Crippen molar-refractivity contribution in [2.75, 3.05) is 6.54 Å². The van der Waals surface area contributed by atoms with Gasteiger partial charge in [-0.05, 0) is 36.4 Å². The third kappa shape index (κ3) is 3.92. The van der Waals surface area contributed by atoms with Crippen LogP contribution >= 0.6 is 11.3 Å². The number of halogens is 1. The number of hydrogen-bond donors (Lipinski definition) is 0. The summed E-state index contributed by atoms with van der Waals surface area (Å²) in [4.78, 5) is 21.5. The minimum absolute atomic E-state index is 0.230. The van der Waals surface area contributed by atoms with Gasteiger partial charge in [-0.3, -0.25) is 9.88 Å². The summed E-state index contributed by atoms with van der Waals surface area (Å²) >= 11 is 1.65. The van der Waals surface area contributed by atoms with Crippen molar-refractivity contribution < 1.29 is 4.39 Å². The first-order valence-corrected chi connectivity index (χ1v) is 10.2. The van der Waals surface area contributed by atoms with Crippen LogP contribution in [0.15, 0.2) is 61.2 Å². The summed E-state index contributed by atoms with van der Waals surface area (Å²) in [6, 6.07) is 10.4. The molecule has 0 saturated carbocycles. The van der Waals surface area contributed by atoms with Gasteiger partial charge in [-0.25, -0.2) is 19.3 Å². The van der Waals surface area contributed by atoms with Crippen LogP contribution < -0.4 is 0 Å². The maximum absolute atomic E-state index is 13.1. The molecule has 4 aromatic rings. The van der Waals surface area contributed by atoms with Crippen molar-refractivity contribution in [3.05, 3.63) is 83.1 Å². The predicted octanol–water partition coefficient (Wildman–Crippen LogP) is 4.36. The Hall–Kier alpha value is -3.03. The average Bonchev–Trinajstić information content (AvgIpc) is 3.23. The molecule has 0 atom stereocenters. The number of benzene rings is 1. The lowest BCUT2D eigenvalue weighted by molar-refractivity contribution is 0.245. The van der Waals surface area contributed by atoms with Gasteiger partial charge in [-0.15, -0.1) is 11.3 Å². The summed E-state index contributed by atoms with van der Waals surface area (Å²) in [6.07, 6.45) is 8.29. The van der Waals surface area contributed by atoms with Crippen LogP contribution in [0.4, 0.5) is 4.39 Å². The maximum Gasteiger partial charge on any atom is 0.160 e. The summed E-state index contributed by atoms with van der Waals surface area (Å²) in [6.45, 7) is 2.61. The Labute approximate surface area is 172 Å². The first-order valence-electron chi connectivity index (χ1n) is 9.43. The topological polar surface area (TPSA) is 54.8 Å². The normalized spacial score (nSPS) is 14.0. The Morgan fingerprint density at radius 2 is 1.90 bits per heavy atom. The van der Waals surface area contributed by atoms with E-state index in [0.29, 0.717) is 0 Å². The quantitative estimate of drug-likeness (QED) is 0.507. The molecule has 0 spiro atoms. The third-order valence-corrected chi connectivity index (χ3v) is 5.99. The molecule has 0 amide bonds. The van der Waals surface area contributed by atoms with Gasteiger partial charge in [0.05, 0.1) is 5.69 Å². The lowest BCUT2D eigenvalue weighted by Crippen LogP contribution is -2.30. The van der Waals surface area contributed by atoms with Crippen LogP contribution in [-0.4, -0.2) is 31.4 Å². The van der Waals surface area contributed by atoms with Crippen molar-refractivity contribution in [1.29, 1.82) is 0 Å². The van der Waals surface area contributed by atoms with Gasteiger partial charge in [-0.1, -0.05) is 0 Å². The van der Waals surface area contributed by atoms with E-state index in [1.54, 1.807) is 35.9 Å². The van der Waals surface area contributed by atoms with E-state index < -0.39 is 0 Å². The van der Waals surface area contributed by atoms with E-state index in [9.17, 15) is 4.39 Å². The minimum Gasteiger partial charge on any atom is -0.293 e. The fourth-order valence-electron chi connectivity index (χ4n) is 3.47. The molecule has 0 bridgehead atoms. The molecule has 5 rings (SSSR count). The number of fused-ring (bicyclic) bond motifs is 1. The molecule has 4 heterocycles. The van der Waals surface area contributed by atoms with E-state index in [-0.39, 0.29) is 5.82 Å². The van der Waals surface area contributed by atoms with Crippen molar-refractivity contribution in [2.45, 2.75) is 19.5 Å². The number of thiazole rings is 1. The minimum atomic E-state index is -0.230. The fourth-order valence-corrected chi connectivity index (χ4v) is 4.43. The van der Waals surface area contributed by atoms with Crippen molar-refractivity contribution in [3.8, 4) is 22.0 Å². The Kier molecular flexibility index (Phi) is 4.83. The Morgan fingerprint density at radius 1 is 1.00 bits per heavy atom. The average molecular weight is 403 g/mol. The van der Waals surface area contributed by atoms with Crippen molar-refractivity contribution in [2.24, 2.45) is 0 Å². The predicted molar refractivity (Wildman–Crippen MR) is 111 cm³/mol. The van der Waals surface area contributed by atoms with E-state index >= 15 is 0 Å².